The Morgan fingerprint density at radius 3 is 2.86 bits per heavy atom. The molecule has 2 rings (SSSR count). The van der Waals surface area contributed by atoms with Gasteiger partial charge in [-0.15, -0.1) is 0 Å². The van der Waals surface area contributed by atoms with Crippen LogP contribution in [-0.4, -0.2) is 59.3 Å². The van der Waals surface area contributed by atoms with Gasteiger partial charge in [0, 0.05) is 26.7 Å². The number of morpholine rings is 1. The van der Waals surface area contributed by atoms with Crippen molar-refractivity contribution in [3.05, 3.63) is 24.3 Å². The van der Waals surface area contributed by atoms with Crippen molar-refractivity contribution in [2.24, 2.45) is 0 Å². The van der Waals surface area contributed by atoms with Crippen molar-refractivity contribution in [3.63, 3.8) is 0 Å². The lowest BCUT2D eigenvalue weighted by Crippen LogP contribution is -2.47. The molecule has 0 amide bonds. The first-order valence-electron chi connectivity index (χ1n) is 7.17. The number of sulfonamides is 1. The molecule has 0 aliphatic carbocycles. The zero-order chi connectivity index (χ0) is 15.3. The third-order valence-electron chi connectivity index (χ3n) is 3.62. The summed E-state index contributed by atoms with van der Waals surface area (Å²) >= 11 is 0. The Kier molecular flexibility index (Phi) is 5.58. The van der Waals surface area contributed by atoms with Crippen molar-refractivity contribution in [1.82, 2.24) is 9.62 Å². The van der Waals surface area contributed by atoms with E-state index in [4.69, 9.17) is 4.74 Å². The van der Waals surface area contributed by atoms with Gasteiger partial charge in [-0.3, -0.25) is 4.90 Å². The van der Waals surface area contributed by atoms with Crippen molar-refractivity contribution in [1.29, 1.82) is 0 Å². The Labute approximate surface area is 126 Å². The molecule has 7 heteroatoms. The van der Waals surface area contributed by atoms with Gasteiger partial charge in [-0.2, -0.15) is 0 Å². The lowest BCUT2D eigenvalue weighted by molar-refractivity contribution is -0.0229. The van der Waals surface area contributed by atoms with Crippen LogP contribution in [0.2, 0.25) is 0 Å². The summed E-state index contributed by atoms with van der Waals surface area (Å²) in [6.07, 6.45) is -0.102. The van der Waals surface area contributed by atoms with Gasteiger partial charge in [0.1, 0.15) is 4.90 Å². The summed E-state index contributed by atoms with van der Waals surface area (Å²) < 4.78 is 33.0. The third-order valence-corrected chi connectivity index (χ3v) is 5.10. The largest absolute Gasteiger partial charge is 0.387 e. The fraction of sp³-hybridized carbons (Fsp3) is 0.571. The molecule has 1 aliphatic rings. The molecule has 0 spiro atoms. The van der Waals surface area contributed by atoms with Crippen LogP contribution in [0.5, 0.6) is 0 Å². The quantitative estimate of drug-likeness (QED) is 0.810. The van der Waals surface area contributed by atoms with Crippen molar-refractivity contribution < 1.29 is 13.2 Å². The minimum absolute atomic E-state index is 0.102. The maximum Gasteiger partial charge on any atom is 0.242 e. The fourth-order valence-electron chi connectivity index (χ4n) is 2.38. The predicted molar refractivity (Wildman–Crippen MR) is 83.0 cm³/mol. The SMILES string of the molecule is CCN1CCOC(CNS(=O)(=O)c2ccccc2NC)C1. The highest BCUT2D eigenvalue weighted by atomic mass is 32.2. The van der Waals surface area contributed by atoms with Crippen LogP contribution >= 0.6 is 0 Å². The van der Waals surface area contributed by atoms with Crippen LogP contribution in [0.4, 0.5) is 5.69 Å². The molecule has 1 aromatic rings. The molecular weight excluding hydrogens is 290 g/mol. The molecule has 0 saturated carbocycles. The number of anilines is 1. The number of likely N-dealkylation sites (N-methyl/N-ethyl adjacent to an activating group) is 1. The second-order valence-electron chi connectivity index (χ2n) is 4.98. The number of hydrogen-bond acceptors (Lipinski definition) is 5. The number of benzene rings is 1. The first-order chi connectivity index (χ1) is 10.1. The molecule has 1 aromatic carbocycles. The van der Waals surface area contributed by atoms with Crippen LogP contribution < -0.4 is 10.0 Å². The Bertz CT molecular complexity index is 562. The molecule has 0 aromatic heterocycles. The zero-order valence-electron chi connectivity index (χ0n) is 12.5. The van der Waals surface area contributed by atoms with E-state index in [1.165, 1.54) is 0 Å². The summed E-state index contributed by atoms with van der Waals surface area (Å²) in [6.45, 7) is 5.64. The third kappa shape index (κ3) is 4.16. The van der Waals surface area contributed by atoms with E-state index < -0.39 is 10.0 Å². The standard InChI is InChI=1S/C14H23N3O3S/c1-3-17-8-9-20-12(11-17)10-16-21(18,19)14-7-5-4-6-13(14)15-2/h4-7,12,15-16H,3,8-11H2,1-2H3. The van der Waals surface area contributed by atoms with E-state index in [0.717, 1.165) is 19.6 Å². The zero-order valence-corrected chi connectivity index (χ0v) is 13.3. The monoisotopic (exact) mass is 313 g/mol. The lowest BCUT2D eigenvalue weighted by atomic mass is 10.3. The number of rotatable bonds is 6. The summed E-state index contributed by atoms with van der Waals surface area (Å²) in [7, 11) is -1.83. The summed E-state index contributed by atoms with van der Waals surface area (Å²) in [6, 6.07) is 6.85. The van der Waals surface area contributed by atoms with Crippen LogP contribution in [0.1, 0.15) is 6.92 Å². The van der Waals surface area contributed by atoms with Crippen LogP contribution in [0.3, 0.4) is 0 Å². The maximum absolute atomic E-state index is 12.4. The normalized spacial score (nSPS) is 20.4. The minimum Gasteiger partial charge on any atom is -0.387 e. The molecule has 1 unspecified atom stereocenters. The van der Waals surface area contributed by atoms with Gasteiger partial charge in [0.05, 0.1) is 18.4 Å². The van der Waals surface area contributed by atoms with Gasteiger partial charge in [0.25, 0.3) is 0 Å². The van der Waals surface area contributed by atoms with Crippen LogP contribution in [0.25, 0.3) is 0 Å². The molecule has 118 valence electrons. The van der Waals surface area contributed by atoms with Gasteiger partial charge in [-0.05, 0) is 18.7 Å². The Morgan fingerprint density at radius 2 is 2.14 bits per heavy atom. The summed E-state index contributed by atoms with van der Waals surface area (Å²) in [5.41, 5.74) is 0.588. The number of nitrogens with one attached hydrogen (secondary N) is 2. The topological polar surface area (TPSA) is 70.7 Å². The van der Waals surface area contributed by atoms with E-state index >= 15 is 0 Å². The summed E-state index contributed by atoms with van der Waals surface area (Å²) in [5.74, 6) is 0. The summed E-state index contributed by atoms with van der Waals surface area (Å²) in [5, 5.41) is 2.90. The first-order valence-corrected chi connectivity index (χ1v) is 8.65. The molecule has 6 nitrogen and oxygen atoms in total. The number of nitrogens with zero attached hydrogens (tertiary/aromatic N) is 1. The lowest BCUT2D eigenvalue weighted by Gasteiger charge is -2.32. The van der Waals surface area contributed by atoms with E-state index in [-0.39, 0.29) is 17.5 Å². The van der Waals surface area contributed by atoms with E-state index in [2.05, 4.69) is 21.9 Å². The molecule has 1 heterocycles. The highest BCUT2D eigenvalue weighted by Gasteiger charge is 2.23. The molecule has 1 saturated heterocycles. The molecule has 0 bridgehead atoms. The molecular formula is C14H23N3O3S. The predicted octanol–water partition coefficient (Wildman–Crippen LogP) is 0.727. The molecule has 2 N–H and O–H groups in total. The Morgan fingerprint density at radius 1 is 1.38 bits per heavy atom. The van der Waals surface area contributed by atoms with Crippen LogP contribution in [-0.2, 0) is 14.8 Å². The van der Waals surface area contributed by atoms with Gasteiger partial charge >= 0.3 is 0 Å². The molecule has 1 atom stereocenters. The molecule has 21 heavy (non-hydrogen) atoms. The maximum atomic E-state index is 12.4. The second-order valence-corrected chi connectivity index (χ2v) is 6.72. The van der Waals surface area contributed by atoms with Gasteiger partial charge in [0.15, 0.2) is 0 Å². The highest BCUT2D eigenvalue weighted by Crippen LogP contribution is 2.19. The first kappa shape index (κ1) is 16.2. The van der Waals surface area contributed by atoms with Crippen molar-refractivity contribution in [2.45, 2.75) is 17.9 Å². The van der Waals surface area contributed by atoms with E-state index in [1.807, 2.05) is 0 Å². The smallest absolute Gasteiger partial charge is 0.242 e. The summed E-state index contributed by atoms with van der Waals surface area (Å²) in [4.78, 5) is 2.51. The van der Waals surface area contributed by atoms with E-state index in [1.54, 1.807) is 31.3 Å². The fourth-order valence-corrected chi connectivity index (χ4v) is 3.66. The van der Waals surface area contributed by atoms with Gasteiger partial charge in [-0.25, -0.2) is 13.1 Å². The second kappa shape index (κ2) is 7.22. The van der Waals surface area contributed by atoms with Crippen molar-refractivity contribution in [2.75, 3.05) is 45.2 Å². The van der Waals surface area contributed by atoms with E-state index in [9.17, 15) is 8.42 Å². The minimum atomic E-state index is -3.54. The van der Waals surface area contributed by atoms with E-state index in [0.29, 0.717) is 12.3 Å². The average Bonchev–Trinajstić information content (AvgIpc) is 2.53. The van der Waals surface area contributed by atoms with Gasteiger partial charge in [-0.1, -0.05) is 19.1 Å². The molecule has 1 aliphatic heterocycles. The average molecular weight is 313 g/mol. The highest BCUT2D eigenvalue weighted by molar-refractivity contribution is 7.89. The van der Waals surface area contributed by atoms with Gasteiger partial charge < -0.3 is 10.1 Å². The van der Waals surface area contributed by atoms with Crippen LogP contribution in [0.15, 0.2) is 29.2 Å². The number of hydrogen-bond donors (Lipinski definition) is 2. The van der Waals surface area contributed by atoms with Gasteiger partial charge in [0.2, 0.25) is 10.0 Å². The van der Waals surface area contributed by atoms with Crippen molar-refractivity contribution in [3.8, 4) is 0 Å². The molecule has 1 fully saturated rings. The Hall–Kier alpha value is -1.15. The number of para-hydroxylation sites is 1. The van der Waals surface area contributed by atoms with Crippen LogP contribution in [0, 0.1) is 0 Å². The molecule has 0 radical (unpaired) electrons. The van der Waals surface area contributed by atoms with Crippen molar-refractivity contribution >= 4 is 15.7 Å². The number of ether oxygens (including phenoxy) is 1. The Balaban J connectivity index is 2.01.